The van der Waals surface area contributed by atoms with E-state index in [1.165, 1.54) is 11.3 Å². The highest BCUT2D eigenvalue weighted by atomic mass is 35.5. The molecule has 2 nitrogen and oxygen atoms in total. The highest BCUT2D eigenvalue weighted by Gasteiger charge is 2.14. The third kappa shape index (κ3) is 3.62. The van der Waals surface area contributed by atoms with E-state index in [1.807, 2.05) is 0 Å². The van der Waals surface area contributed by atoms with Gasteiger partial charge in [-0.15, -0.1) is 12.4 Å². The molecule has 2 rings (SSSR count). The van der Waals surface area contributed by atoms with E-state index in [0.29, 0.717) is 0 Å². The highest BCUT2D eigenvalue weighted by Crippen LogP contribution is 2.24. The summed E-state index contributed by atoms with van der Waals surface area (Å²) in [6.45, 7) is 11.2. The summed E-state index contributed by atoms with van der Waals surface area (Å²) >= 11 is 0. The fourth-order valence-corrected chi connectivity index (χ4v) is 2.10. The van der Waals surface area contributed by atoms with Crippen molar-refractivity contribution in [3.05, 3.63) is 29.8 Å². The summed E-state index contributed by atoms with van der Waals surface area (Å²) in [4.78, 5) is 2.45. The molecular weight excluding hydrogens is 232 g/mol. The minimum absolute atomic E-state index is 0. The third-order valence-corrected chi connectivity index (χ3v) is 3.22. The lowest BCUT2D eigenvalue weighted by atomic mass is 9.87. The van der Waals surface area contributed by atoms with Crippen LogP contribution in [0.4, 0.5) is 5.69 Å². The van der Waals surface area contributed by atoms with Gasteiger partial charge in [0.1, 0.15) is 0 Å². The van der Waals surface area contributed by atoms with E-state index in [9.17, 15) is 0 Å². The van der Waals surface area contributed by atoms with Gasteiger partial charge in [-0.25, -0.2) is 0 Å². The Hall–Kier alpha value is -0.730. The minimum Gasteiger partial charge on any atom is -0.369 e. The number of benzene rings is 1. The summed E-state index contributed by atoms with van der Waals surface area (Å²) in [6, 6.07) is 9.03. The fraction of sp³-hybridized carbons (Fsp3) is 0.571. The van der Waals surface area contributed by atoms with Crippen molar-refractivity contribution < 1.29 is 0 Å². The first kappa shape index (κ1) is 14.3. The Morgan fingerprint density at radius 3 is 2.00 bits per heavy atom. The molecule has 0 radical (unpaired) electrons. The Kier molecular flexibility index (Phi) is 4.84. The number of halogens is 1. The van der Waals surface area contributed by atoms with Gasteiger partial charge in [-0.2, -0.15) is 0 Å². The molecule has 1 aliphatic rings. The molecule has 0 aromatic heterocycles. The normalized spacial score (nSPS) is 16.5. The van der Waals surface area contributed by atoms with Crippen molar-refractivity contribution in [3.63, 3.8) is 0 Å². The van der Waals surface area contributed by atoms with Crippen LogP contribution in [0.1, 0.15) is 26.3 Å². The largest absolute Gasteiger partial charge is 0.369 e. The average Bonchev–Trinajstić information content (AvgIpc) is 2.29. The zero-order valence-corrected chi connectivity index (χ0v) is 11.8. The van der Waals surface area contributed by atoms with Gasteiger partial charge in [0.05, 0.1) is 0 Å². The van der Waals surface area contributed by atoms with Crippen LogP contribution in [0.5, 0.6) is 0 Å². The maximum absolute atomic E-state index is 3.38. The van der Waals surface area contributed by atoms with Gasteiger partial charge in [0.25, 0.3) is 0 Å². The first-order chi connectivity index (χ1) is 7.57. The number of rotatable bonds is 1. The molecule has 1 aromatic carbocycles. The Morgan fingerprint density at radius 2 is 1.53 bits per heavy atom. The lowest BCUT2D eigenvalue weighted by Crippen LogP contribution is -2.43. The quantitative estimate of drug-likeness (QED) is 0.829. The van der Waals surface area contributed by atoms with E-state index in [4.69, 9.17) is 0 Å². The first-order valence-electron chi connectivity index (χ1n) is 6.13. The van der Waals surface area contributed by atoms with Crippen LogP contribution in [-0.2, 0) is 5.41 Å². The van der Waals surface area contributed by atoms with Crippen molar-refractivity contribution in [2.24, 2.45) is 0 Å². The second-order valence-electron chi connectivity index (χ2n) is 5.53. The summed E-state index contributed by atoms with van der Waals surface area (Å²) in [6.07, 6.45) is 0. The number of hydrogen-bond acceptors (Lipinski definition) is 2. The van der Waals surface area contributed by atoms with Crippen LogP contribution in [0, 0.1) is 0 Å². The zero-order valence-electron chi connectivity index (χ0n) is 11.0. The zero-order chi connectivity index (χ0) is 11.6. The van der Waals surface area contributed by atoms with E-state index >= 15 is 0 Å². The van der Waals surface area contributed by atoms with Gasteiger partial charge in [-0.3, -0.25) is 0 Å². The second-order valence-corrected chi connectivity index (χ2v) is 5.53. The second kappa shape index (κ2) is 5.74. The van der Waals surface area contributed by atoms with Gasteiger partial charge in [-0.1, -0.05) is 32.9 Å². The summed E-state index contributed by atoms with van der Waals surface area (Å²) in [5.74, 6) is 0. The standard InChI is InChI=1S/C14H22N2.ClH/c1-14(2,3)12-4-6-13(7-5-12)16-10-8-15-9-11-16;/h4-7,15H,8-11H2,1-3H3;1H. The van der Waals surface area contributed by atoms with Crippen molar-refractivity contribution in [2.45, 2.75) is 26.2 Å². The van der Waals surface area contributed by atoms with Crippen molar-refractivity contribution in [1.29, 1.82) is 0 Å². The summed E-state index contributed by atoms with van der Waals surface area (Å²) in [7, 11) is 0. The molecule has 0 atom stereocenters. The van der Waals surface area contributed by atoms with Crippen LogP contribution in [-0.4, -0.2) is 26.2 Å². The van der Waals surface area contributed by atoms with E-state index in [1.54, 1.807) is 0 Å². The molecule has 1 aromatic rings. The van der Waals surface area contributed by atoms with Gasteiger partial charge in [0.2, 0.25) is 0 Å². The molecule has 0 saturated carbocycles. The molecule has 0 amide bonds. The molecule has 1 fully saturated rings. The molecule has 17 heavy (non-hydrogen) atoms. The van der Waals surface area contributed by atoms with Crippen LogP contribution < -0.4 is 10.2 Å². The van der Waals surface area contributed by atoms with Crippen molar-refractivity contribution >= 4 is 18.1 Å². The Balaban J connectivity index is 0.00000144. The van der Waals surface area contributed by atoms with Crippen LogP contribution in [0.2, 0.25) is 0 Å². The molecule has 96 valence electrons. The minimum atomic E-state index is 0. The molecule has 1 aliphatic heterocycles. The van der Waals surface area contributed by atoms with Crippen LogP contribution in [0.3, 0.4) is 0 Å². The Bertz CT molecular complexity index is 334. The van der Waals surface area contributed by atoms with E-state index in [0.717, 1.165) is 26.2 Å². The molecule has 0 unspecified atom stereocenters. The molecule has 0 spiro atoms. The van der Waals surface area contributed by atoms with E-state index in [2.05, 4.69) is 55.3 Å². The Labute approximate surface area is 111 Å². The SMILES string of the molecule is CC(C)(C)c1ccc(N2CCNCC2)cc1.Cl. The van der Waals surface area contributed by atoms with Gasteiger partial charge < -0.3 is 10.2 Å². The van der Waals surface area contributed by atoms with Gasteiger partial charge in [-0.05, 0) is 23.1 Å². The summed E-state index contributed by atoms with van der Waals surface area (Å²) < 4.78 is 0. The first-order valence-corrected chi connectivity index (χ1v) is 6.13. The number of hydrogen-bond donors (Lipinski definition) is 1. The lowest BCUT2D eigenvalue weighted by Gasteiger charge is -2.30. The molecule has 1 saturated heterocycles. The lowest BCUT2D eigenvalue weighted by molar-refractivity contribution is 0.584. The van der Waals surface area contributed by atoms with Crippen molar-refractivity contribution in [3.8, 4) is 0 Å². The Morgan fingerprint density at radius 1 is 1.00 bits per heavy atom. The van der Waals surface area contributed by atoms with Crippen LogP contribution in [0.15, 0.2) is 24.3 Å². The molecule has 0 bridgehead atoms. The van der Waals surface area contributed by atoms with Crippen molar-refractivity contribution in [2.75, 3.05) is 31.1 Å². The molecule has 1 N–H and O–H groups in total. The third-order valence-electron chi connectivity index (χ3n) is 3.22. The monoisotopic (exact) mass is 254 g/mol. The van der Waals surface area contributed by atoms with E-state index in [-0.39, 0.29) is 17.8 Å². The fourth-order valence-electron chi connectivity index (χ4n) is 2.10. The van der Waals surface area contributed by atoms with Crippen LogP contribution in [0.25, 0.3) is 0 Å². The van der Waals surface area contributed by atoms with Gasteiger partial charge in [0, 0.05) is 31.9 Å². The molecule has 0 aliphatic carbocycles. The number of nitrogens with zero attached hydrogens (tertiary/aromatic N) is 1. The highest BCUT2D eigenvalue weighted by molar-refractivity contribution is 5.85. The number of anilines is 1. The van der Waals surface area contributed by atoms with Crippen molar-refractivity contribution in [1.82, 2.24) is 5.32 Å². The number of nitrogens with one attached hydrogen (secondary N) is 1. The maximum atomic E-state index is 3.38. The average molecular weight is 255 g/mol. The predicted octanol–water partition coefficient (Wildman–Crippen LogP) is 2.82. The van der Waals surface area contributed by atoms with E-state index < -0.39 is 0 Å². The number of piperazine rings is 1. The van der Waals surface area contributed by atoms with Gasteiger partial charge >= 0.3 is 0 Å². The summed E-state index contributed by atoms with van der Waals surface area (Å²) in [5, 5.41) is 3.38. The topological polar surface area (TPSA) is 15.3 Å². The summed E-state index contributed by atoms with van der Waals surface area (Å²) in [5.41, 5.74) is 3.02. The molecular formula is C14H23ClN2. The van der Waals surface area contributed by atoms with Crippen LogP contribution >= 0.6 is 12.4 Å². The molecule has 3 heteroatoms. The smallest absolute Gasteiger partial charge is 0.0367 e. The van der Waals surface area contributed by atoms with Gasteiger partial charge in [0.15, 0.2) is 0 Å². The predicted molar refractivity (Wildman–Crippen MR) is 77.5 cm³/mol. The molecule has 1 heterocycles. The maximum Gasteiger partial charge on any atom is 0.0367 e.